The SMILES string of the molecule is C=CCn1c(C)cc(C(=O)COC(=O)c2nn(C)c(=O)c3ccccc23)c1C. The fourth-order valence-electron chi connectivity index (χ4n) is 3.22. The molecule has 0 atom stereocenters. The smallest absolute Gasteiger partial charge is 0.359 e. The summed E-state index contributed by atoms with van der Waals surface area (Å²) in [5, 5.41) is 4.78. The van der Waals surface area contributed by atoms with Crippen LogP contribution in [0.4, 0.5) is 0 Å². The lowest BCUT2D eigenvalue weighted by Gasteiger charge is -2.09. The summed E-state index contributed by atoms with van der Waals surface area (Å²) in [6.45, 7) is 7.65. The van der Waals surface area contributed by atoms with E-state index in [2.05, 4.69) is 11.7 Å². The molecule has 0 aliphatic carbocycles. The van der Waals surface area contributed by atoms with E-state index in [0.717, 1.165) is 16.1 Å². The van der Waals surface area contributed by atoms with E-state index < -0.39 is 12.6 Å². The Morgan fingerprint density at radius 3 is 2.57 bits per heavy atom. The van der Waals surface area contributed by atoms with Gasteiger partial charge in [-0.2, -0.15) is 5.10 Å². The summed E-state index contributed by atoms with van der Waals surface area (Å²) in [6.07, 6.45) is 1.75. The standard InChI is InChI=1S/C21H21N3O4/c1-5-10-24-13(2)11-17(14(24)3)18(25)12-28-21(27)19-15-8-6-7-9-16(15)20(26)23(4)22-19/h5-9,11H,1,10,12H2,2-4H3. The zero-order valence-corrected chi connectivity index (χ0v) is 16.1. The number of fused-ring (bicyclic) bond motifs is 1. The van der Waals surface area contributed by atoms with Gasteiger partial charge in [-0.25, -0.2) is 9.48 Å². The Hall–Kier alpha value is -3.48. The Morgan fingerprint density at radius 2 is 1.89 bits per heavy atom. The lowest BCUT2D eigenvalue weighted by molar-refractivity contribution is 0.0468. The van der Waals surface area contributed by atoms with Crippen LogP contribution in [0.2, 0.25) is 0 Å². The van der Waals surface area contributed by atoms with Crippen molar-refractivity contribution in [3.63, 3.8) is 0 Å². The molecule has 2 aromatic heterocycles. The molecule has 0 aliphatic rings. The molecular weight excluding hydrogens is 358 g/mol. The predicted molar refractivity (Wildman–Crippen MR) is 106 cm³/mol. The van der Waals surface area contributed by atoms with Gasteiger partial charge in [0, 0.05) is 35.9 Å². The highest BCUT2D eigenvalue weighted by Crippen LogP contribution is 2.17. The van der Waals surface area contributed by atoms with Crippen molar-refractivity contribution >= 4 is 22.5 Å². The van der Waals surface area contributed by atoms with Crippen molar-refractivity contribution in [3.8, 4) is 0 Å². The van der Waals surface area contributed by atoms with Gasteiger partial charge in [-0.1, -0.05) is 24.3 Å². The van der Waals surface area contributed by atoms with Gasteiger partial charge in [-0.15, -0.1) is 6.58 Å². The summed E-state index contributed by atoms with van der Waals surface area (Å²) in [6, 6.07) is 8.44. The Balaban J connectivity index is 1.84. The molecule has 0 spiro atoms. The average molecular weight is 379 g/mol. The van der Waals surface area contributed by atoms with Gasteiger partial charge in [0.2, 0.25) is 5.78 Å². The zero-order chi connectivity index (χ0) is 20.4. The molecule has 0 bridgehead atoms. The summed E-state index contributed by atoms with van der Waals surface area (Å²) in [5.74, 6) is -1.05. The molecule has 144 valence electrons. The highest BCUT2D eigenvalue weighted by Gasteiger charge is 2.20. The van der Waals surface area contributed by atoms with E-state index in [-0.39, 0.29) is 17.0 Å². The molecule has 0 radical (unpaired) electrons. The van der Waals surface area contributed by atoms with Gasteiger partial charge >= 0.3 is 5.97 Å². The van der Waals surface area contributed by atoms with Crippen molar-refractivity contribution < 1.29 is 14.3 Å². The first kappa shape index (κ1) is 19.3. The minimum absolute atomic E-state index is 0.00244. The van der Waals surface area contributed by atoms with Crippen molar-refractivity contribution in [2.45, 2.75) is 20.4 Å². The van der Waals surface area contributed by atoms with E-state index >= 15 is 0 Å². The van der Waals surface area contributed by atoms with Crippen molar-refractivity contribution in [2.75, 3.05) is 6.61 Å². The fourth-order valence-corrected chi connectivity index (χ4v) is 3.22. The minimum Gasteiger partial charge on any atom is -0.452 e. The molecule has 0 saturated heterocycles. The molecule has 7 nitrogen and oxygen atoms in total. The third-order valence-electron chi connectivity index (χ3n) is 4.67. The fraction of sp³-hybridized carbons (Fsp3) is 0.238. The van der Waals surface area contributed by atoms with Gasteiger partial charge in [0.15, 0.2) is 12.3 Å². The number of nitrogens with zero attached hydrogens (tertiary/aromatic N) is 3. The van der Waals surface area contributed by atoms with Crippen LogP contribution in [0.5, 0.6) is 0 Å². The van der Waals surface area contributed by atoms with E-state index in [9.17, 15) is 14.4 Å². The first-order chi connectivity index (χ1) is 13.3. The van der Waals surface area contributed by atoms with Gasteiger partial charge in [0.05, 0.1) is 5.39 Å². The van der Waals surface area contributed by atoms with Crippen molar-refractivity contribution in [1.29, 1.82) is 0 Å². The summed E-state index contributed by atoms with van der Waals surface area (Å²) >= 11 is 0. The number of ether oxygens (including phenoxy) is 1. The largest absolute Gasteiger partial charge is 0.452 e. The average Bonchev–Trinajstić information content (AvgIpc) is 2.97. The number of rotatable bonds is 6. The minimum atomic E-state index is -0.750. The maximum Gasteiger partial charge on any atom is 0.359 e. The zero-order valence-electron chi connectivity index (χ0n) is 16.1. The second kappa shape index (κ2) is 7.64. The number of esters is 1. The van der Waals surface area contributed by atoms with Crippen LogP contribution in [0.25, 0.3) is 10.8 Å². The number of ketones is 1. The van der Waals surface area contributed by atoms with Crippen LogP contribution in [0.1, 0.15) is 32.2 Å². The number of carbonyl (C=O) groups excluding carboxylic acids is 2. The van der Waals surface area contributed by atoms with Crippen LogP contribution in [-0.2, 0) is 18.3 Å². The third kappa shape index (κ3) is 3.38. The topological polar surface area (TPSA) is 83.2 Å². The summed E-state index contributed by atoms with van der Waals surface area (Å²) in [7, 11) is 1.46. The molecule has 7 heteroatoms. The number of Topliss-reactive ketones (excluding diaryl/α,β-unsaturated/α-hetero) is 1. The van der Waals surface area contributed by atoms with E-state index in [0.29, 0.717) is 22.9 Å². The molecule has 3 rings (SSSR count). The normalized spacial score (nSPS) is 10.8. The van der Waals surface area contributed by atoms with Crippen LogP contribution in [0, 0.1) is 13.8 Å². The number of hydrogen-bond acceptors (Lipinski definition) is 5. The molecule has 0 N–H and O–H groups in total. The highest BCUT2D eigenvalue weighted by molar-refractivity contribution is 6.04. The molecule has 2 heterocycles. The summed E-state index contributed by atoms with van der Waals surface area (Å²) < 4.78 is 8.26. The van der Waals surface area contributed by atoms with Gasteiger partial charge in [0.1, 0.15) is 0 Å². The van der Waals surface area contributed by atoms with E-state index in [4.69, 9.17) is 4.74 Å². The van der Waals surface area contributed by atoms with Crippen molar-refractivity contribution in [1.82, 2.24) is 14.3 Å². The molecule has 1 aromatic carbocycles. The van der Waals surface area contributed by atoms with E-state index in [1.54, 1.807) is 36.4 Å². The Morgan fingerprint density at radius 1 is 1.21 bits per heavy atom. The molecule has 3 aromatic rings. The van der Waals surface area contributed by atoms with Gasteiger partial charge in [-0.3, -0.25) is 9.59 Å². The molecule has 0 amide bonds. The second-order valence-electron chi connectivity index (χ2n) is 6.51. The molecule has 0 unspecified atom stereocenters. The lowest BCUT2D eigenvalue weighted by Crippen LogP contribution is -2.24. The maximum atomic E-state index is 12.6. The number of allylic oxidation sites excluding steroid dienone is 1. The first-order valence-electron chi connectivity index (χ1n) is 8.79. The van der Waals surface area contributed by atoms with Crippen LogP contribution >= 0.6 is 0 Å². The number of benzene rings is 1. The quantitative estimate of drug-likeness (QED) is 0.373. The van der Waals surface area contributed by atoms with Crippen LogP contribution in [-0.4, -0.2) is 32.7 Å². The number of aryl methyl sites for hydroxylation is 2. The number of aromatic nitrogens is 3. The molecular formula is C21H21N3O4. The molecule has 0 aliphatic heterocycles. The predicted octanol–water partition coefficient (Wildman–Crippen LogP) is 2.58. The van der Waals surface area contributed by atoms with Crippen molar-refractivity contribution in [3.05, 3.63) is 76.0 Å². The third-order valence-corrected chi connectivity index (χ3v) is 4.67. The van der Waals surface area contributed by atoms with Gasteiger partial charge in [-0.05, 0) is 26.0 Å². The lowest BCUT2D eigenvalue weighted by atomic mass is 10.1. The molecule has 28 heavy (non-hydrogen) atoms. The number of hydrogen-bond donors (Lipinski definition) is 0. The first-order valence-corrected chi connectivity index (χ1v) is 8.79. The summed E-state index contributed by atoms with van der Waals surface area (Å²) in [5.41, 5.74) is 1.92. The van der Waals surface area contributed by atoms with Crippen LogP contribution < -0.4 is 5.56 Å². The highest BCUT2D eigenvalue weighted by atomic mass is 16.5. The molecule has 0 fully saturated rings. The molecule has 0 saturated carbocycles. The van der Waals surface area contributed by atoms with E-state index in [1.165, 1.54) is 7.05 Å². The number of carbonyl (C=O) groups is 2. The van der Waals surface area contributed by atoms with Gasteiger partial charge in [0.25, 0.3) is 5.56 Å². The van der Waals surface area contributed by atoms with Crippen LogP contribution in [0.3, 0.4) is 0 Å². The van der Waals surface area contributed by atoms with E-state index in [1.807, 2.05) is 18.4 Å². The maximum absolute atomic E-state index is 12.6. The second-order valence-corrected chi connectivity index (χ2v) is 6.51. The van der Waals surface area contributed by atoms with Crippen LogP contribution in [0.15, 0.2) is 47.8 Å². The Bertz CT molecular complexity index is 1150. The monoisotopic (exact) mass is 379 g/mol. The van der Waals surface area contributed by atoms with Crippen molar-refractivity contribution in [2.24, 2.45) is 7.05 Å². The Kier molecular flexibility index (Phi) is 5.26. The van der Waals surface area contributed by atoms with Gasteiger partial charge < -0.3 is 9.30 Å². The summed E-state index contributed by atoms with van der Waals surface area (Å²) in [4.78, 5) is 37.3. The Labute approximate surface area is 161 Å².